The number of anilines is 1. The number of nitrogens with one attached hydrogen (secondary N) is 1. The van der Waals surface area contributed by atoms with Crippen molar-refractivity contribution in [2.24, 2.45) is 16.3 Å². The van der Waals surface area contributed by atoms with Crippen LogP contribution < -0.4 is 10.3 Å². The largest absolute Gasteiger partial charge is 0.481 e. The van der Waals surface area contributed by atoms with E-state index in [9.17, 15) is 5.26 Å². The molecule has 1 aliphatic carbocycles. The van der Waals surface area contributed by atoms with Gasteiger partial charge in [-0.15, -0.1) is 0 Å². The number of ether oxygens (including phenoxy) is 1. The molecule has 8 nitrogen and oxygen atoms in total. The molecule has 8 rings (SSSR count). The molecule has 4 fully saturated rings. The molecule has 3 atom stereocenters. The number of hydrogen-bond donors (Lipinski definition) is 1. The number of aromatic nitrogens is 1. The number of fused-ring (bicyclic) bond motifs is 3. The lowest BCUT2D eigenvalue weighted by Gasteiger charge is -2.58. The van der Waals surface area contributed by atoms with Crippen LogP contribution >= 0.6 is 0 Å². The maximum absolute atomic E-state index is 9.70. The van der Waals surface area contributed by atoms with Crippen molar-refractivity contribution < 1.29 is 4.74 Å². The van der Waals surface area contributed by atoms with Gasteiger partial charge in [0.25, 0.3) is 0 Å². The van der Waals surface area contributed by atoms with Crippen molar-refractivity contribution in [3.63, 3.8) is 0 Å². The normalized spacial score (nSPS) is 30.8. The summed E-state index contributed by atoms with van der Waals surface area (Å²) < 4.78 is 5.27. The SMILES string of the molecule is COC1=NCC(C)(CN2C3CC2CN(c2ccc(C4=CC(C5CC5)=CN5NCC(C#N)=C45)cn2)C3)C=C1. The Balaban J connectivity index is 1.05. The molecular formula is C29H33N7O. The maximum Gasteiger partial charge on any atom is 0.207 e. The predicted molar refractivity (Wildman–Crippen MR) is 143 cm³/mol. The van der Waals surface area contributed by atoms with Crippen molar-refractivity contribution in [3.05, 3.63) is 65.2 Å². The van der Waals surface area contributed by atoms with Crippen molar-refractivity contribution in [1.29, 1.82) is 5.26 Å². The zero-order valence-corrected chi connectivity index (χ0v) is 21.5. The second-order valence-electron chi connectivity index (χ2n) is 11.5. The number of hydrogen-bond acceptors (Lipinski definition) is 8. The summed E-state index contributed by atoms with van der Waals surface area (Å²) in [6.07, 6.45) is 14.5. The number of dihydropyridines is 1. The molecule has 2 bridgehead atoms. The molecule has 6 aliphatic heterocycles. The smallest absolute Gasteiger partial charge is 0.207 e. The highest BCUT2D eigenvalue weighted by atomic mass is 16.5. The summed E-state index contributed by atoms with van der Waals surface area (Å²) in [6, 6.07) is 7.85. The quantitative estimate of drug-likeness (QED) is 0.672. The molecule has 1 N–H and O–H groups in total. The highest BCUT2D eigenvalue weighted by Crippen LogP contribution is 2.44. The van der Waals surface area contributed by atoms with Crippen molar-refractivity contribution in [2.75, 3.05) is 44.7 Å². The Labute approximate surface area is 218 Å². The number of nitriles is 1. The molecule has 37 heavy (non-hydrogen) atoms. The standard InChI is InChI=1S/C29H33N7O/c1-29(8-7-27(37-2)32-17-29)18-35-23-10-24(35)16-34(15-23)26-6-5-20(12-31-26)25-9-21(19-3-4-19)14-36-28(25)22(11-30)13-33-36/h5-9,12,14,19,23-24,33H,3-4,10,13,15-18H2,1-2H3. The lowest BCUT2D eigenvalue weighted by molar-refractivity contribution is -0.0218. The van der Waals surface area contributed by atoms with E-state index in [0.29, 0.717) is 24.5 Å². The Morgan fingerprint density at radius 2 is 2.08 bits per heavy atom. The Morgan fingerprint density at radius 3 is 2.73 bits per heavy atom. The maximum atomic E-state index is 9.70. The first kappa shape index (κ1) is 22.8. The predicted octanol–water partition coefficient (Wildman–Crippen LogP) is 3.25. The minimum Gasteiger partial charge on any atom is -0.481 e. The third kappa shape index (κ3) is 3.97. The Morgan fingerprint density at radius 1 is 1.24 bits per heavy atom. The van der Waals surface area contributed by atoms with Gasteiger partial charge < -0.3 is 9.64 Å². The second-order valence-corrected chi connectivity index (χ2v) is 11.5. The topological polar surface area (TPSA) is 80.0 Å². The summed E-state index contributed by atoms with van der Waals surface area (Å²) >= 11 is 0. The van der Waals surface area contributed by atoms with E-state index in [-0.39, 0.29) is 5.41 Å². The van der Waals surface area contributed by atoms with E-state index in [1.807, 2.05) is 17.3 Å². The number of piperazine rings is 1. The van der Waals surface area contributed by atoms with Crippen LogP contribution in [-0.2, 0) is 4.74 Å². The number of nitrogens with zero attached hydrogens (tertiary/aromatic N) is 6. The van der Waals surface area contributed by atoms with Crippen molar-refractivity contribution in [2.45, 2.75) is 38.3 Å². The van der Waals surface area contributed by atoms with Gasteiger partial charge in [-0.3, -0.25) is 14.9 Å². The lowest BCUT2D eigenvalue weighted by Crippen LogP contribution is -2.70. The van der Waals surface area contributed by atoms with Gasteiger partial charge in [0.1, 0.15) is 5.82 Å². The molecule has 7 heterocycles. The van der Waals surface area contributed by atoms with Gasteiger partial charge in [0.2, 0.25) is 5.90 Å². The number of rotatable bonds is 5. The molecule has 3 unspecified atom stereocenters. The van der Waals surface area contributed by atoms with Crippen molar-refractivity contribution >= 4 is 17.3 Å². The van der Waals surface area contributed by atoms with Crippen LogP contribution in [0.1, 0.15) is 31.7 Å². The van der Waals surface area contributed by atoms with Gasteiger partial charge >= 0.3 is 0 Å². The summed E-state index contributed by atoms with van der Waals surface area (Å²) in [5.41, 5.74) is 8.69. The molecule has 0 amide bonds. The van der Waals surface area contributed by atoms with Gasteiger partial charge in [-0.1, -0.05) is 13.0 Å². The first-order valence-electron chi connectivity index (χ1n) is 13.4. The van der Waals surface area contributed by atoms with Crippen LogP contribution in [0.2, 0.25) is 0 Å². The van der Waals surface area contributed by atoms with Crippen molar-refractivity contribution in [1.82, 2.24) is 20.3 Å². The minimum atomic E-state index is 0.0580. The van der Waals surface area contributed by atoms with E-state index >= 15 is 0 Å². The second kappa shape index (κ2) is 8.57. The third-order valence-electron chi connectivity index (χ3n) is 8.69. The van der Waals surface area contributed by atoms with Crippen LogP contribution in [0.5, 0.6) is 0 Å². The lowest BCUT2D eigenvalue weighted by atomic mass is 9.81. The molecule has 8 heteroatoms. The molecule has 7 aliphatic rings. The molecule has 0 spiro atoms. The number of methoxy groups -OCH3 is 1. The number of aliphatic imine (C=N–C) groups is 1. The molecular weight excluding hydrogens is 462 g/mol. The van der Waals surface area contributed by atoms with Crippen LogP contribution in [0.4, 0.5) is 5.82 Å². The van der Waals surface area contributed by atoms with E-state index in [2.05, 4.69) is 63.7 Å². The number of hydrazine groups is 1. The molecule has 1 aromatic heterocycles. The molecule has 0 radical (unpaired) electrons. The fourth-order valence-electron chi connectivity index (χ4n) is 6.40. The summed E-state index contributed by atoms with van der Waals surface area (Å²) in [4.78, 5) is 14.6. The van der Waals surface area contributed by atoms with Crippen LogP contribution in [0.15, 0.2) is 64.6 Å². The highest BCUT2D eigenvalue weighted by Gasteiger charge is 2.47. The molecule has 190 valence electrons. The number of pyridine rings is 1. The van der Waals surface area contributed by atoms with E-state index in [0.717, 1.165) is 60.3 Å². The first-order valence-corrected chi connectivity index (χ1v) is 13.4. The van der Waals surface area contributed by atoms with Gasteiger partial charge in [0.15, 0.2) is 0 Å². The minimum absolute atomic E-state index is 0.0580. The summed E-state index contributed by atoms with van der Waals surface area (Å²) in [5.74, 6) is 2.41. The third-order valence-corrected chi connectivity index (χ3v) is 8.69. The van der Waals surface area contributed by atoms with E-state index in [4.69, 9.17) is 9.72 Å². The van der Waals surface area contributed by atoms with Gasteiger partial charge in [-0.2, -0.15) is 5.26 Å². The monoisotopic (exact) mass is 495 g/mol. The van der Waals surface area contributed by atoms with Crippen LogP contribution in [0, 0.1) is 22.7 Å². The molecule has 0 aromatic carbocycles. The molecule has 1 aromatic rings. The number of piperidine rings is 1. The van der Waals surface area contributed by atoms with E-state index in [1.54, 1.807) is 7.11 Å². The van der Waals surface area contributed by atoms with Crippen molar-refractivity contribution in [3.8, 4) is 6.07 Å². The summed E-state index contributed by atoms with van der Waals surface area (Å²) in [7, 11) is 1.68. The molecule has 1 saturated carbocycles. The zero-order valence-electron chi connectivity index (χ0n) is 21.5. The first-order chi connectivity index (χ1) is 18.0. The fourth-order valence-corrected chi connectivity index (χ4v) is 6.40. The van der Waals surface area contributed by atoms with Gasteiger partial charge in [-0.25, -0.2) is 10.4 Å². The average molecular weight is 496 g/mol. The highest BCUT2D eigenvalue weighted by molar-refractivity contribution is 5.88. The fraction of sp³-hybridized carbons (Fsp3) is 0.483. The van der Waals surface area contributed by atoms with Crippen LogP contribution in [0.25, 0.3) is 5.57 Å². The van der Waals surface area contributed by atoms with Gasteiger partial charge in [0, 0.05) is 60.7 Å². The summed E-state index contributed by atoms with van der Waals surface area (Å²) in [6.45, 7) is 6.70. The summed E-state index contributed by atoms with van der Waals surface area (Å²) in [5, 5.41) is 11.7. The van der Waals surface area contributed by atoms with Gasteiger partial charge in [-0.05, 0) is 55.0 Å². The van der Waals surface area contributed by atoms with E-state index < -0.39 is 0 Å². The Hall–Kier alpha value is -3.41. The molecule has 3 saturated heterocycles. The Kier molecular flexibility index (Phi) is 5.27. The van der Waals surface area contributed by atoms with Crippen LogP contribution in [-0.4, -0.2) is 72.7 Å². The van der Waals surface area contributed by atoms with Crippen LogP contribution in [0.3, 0.4) is 0 Å². The zero-order chi connectivity index (χ0) is 25.1. The van der Waals surface area contributed by atoms with E-state index in [1.165, 1.54) is 24.8 Å². The van der Waals surface area contributed by atoms with Gasteiger partial charge in [0.05, 0.1) is 37.5 Å². The average Bonchev–Trinajstić information content (AvgIpc) is 3.71. The Bertz CT molecular complexity index is 1300. The number of allylic oxidation sites excluding steroid dienone is 3.